The zero-order valence-electron chi connectivity index (χ0n) is 12.4. The summed E-state index contributed by atoms with van der Waals surface area (Å²) in [7, 11) is 1.69. The predicted octanol–water partition coefficient (Wildman–Crippen LogP) is 4.43. The minimum atomic E-state index is 0.689. The van der Waals surface area contributed by atoms with Gasteiger partial charge in [-0.15, -0.1) is 0 Å². The largest absolute Gasteiger partial charge is 0.497 e. The molecular formula is C16H27NO. The number of hydrogen-bond donors (Lipinski definition) is 1. The molecule has 1 rings (SSSR count). The summed E-state index contributed by atoms with van der Waals surface area (Å²) in [5, 5.41) is 3.49. The Morgan fingerprint density at radius 1 is 1.00 bits per heavy atom. The Kier molecular flexibility index (Phi) is 6.03. The minimum Gasteiger partial charge on any atom is -0.497 e. The van der Waals surface area contributed by atoms with E-state index in [-0.39, 0.29) is 0 Å². The van der Waals surface area contributed by atoms with E-state index in [9.17, 15) is 0 Å². The lowest BCUT2D eigenvalue weighted by atomic mass is 9.88. The van der Waals surface area contributed by atoms with Gasteiger partial charge in [-0.3, -0.25) is 0 Å². The molecule has 102 valence electrons. The molecule has 0 saturated carbocycles. The van der Waals surface area contributed by atoms with Gasteiger partial charge >= 0.3 is 0 Å². The fourth-order valence-corrected chi connectivity index (χ4v) is 2.16. The summed E-state index contributed by atoms with van der Waals surface area (Å²) in [6, 6.07) is 8.12. The van der Waals surface area contributed by atoms with Crippen molar-refractivity contribution in [1.29, 1.82) is 0 Å². The lowest BCUT2D eigenvalue weighted by molar-refractivity contribution is 0.335. The van der Waals surface area contributed by atoms with Crippen LogP contribution in [0.4, 0.5) is 5.69 Å². The quantitative estimate of drug-likeness (QED) is 0.772. The average molecular weight is 249 g/mol. The summed E-state index contributed by atoms with van der Waals surface area (Å²) in [6.07, 6.45) is 1.30. The van der Waals surface area contributed by atoms with Crippen molar-refractivity contribution in [3.05, 3.63) is 24.3 Å². The second-order valence-corrected chi connectivity index (χ2v) is 5.69. The summed E-state index contributed by atoms with van der Waals surface area (Å²) in [5.41, 5.74) is 1.17. The second kappa shape index (κ2) is 7.30. The molecule has 1 N–H and O–H groups in total. The molecule has 0 bridgehead atoms. The van der Waals surface area contributed by atoms with Crippen molar-refractivity contribution in [3.63, 3.8) is 0 Å². The summed E-state index contributed by atoms with van der Waals surface area (Å²) in [4.78, 5) is 0. The van der Waals surface area contributed by atoms with Crippen molar-refractivity contribution in [3.8, 4) is 5.75 Å². The van der Waals surface area contributed by atoms with Gasteiger partial charge in [0.1, 0.15) is 5.75 Å². The van der Waals surface area contributed by atoms with E-state index < -0.39 is 0 Å². The molecule has 0 aliphatic heterocycles. The standard InChI is InChI=1S/C16H27NO/c1-12(2)10-13(3)14(4)11-17-15-6-8-16(18-5)9-7-15/h6-9,12-14,17H,10-11H2,1-5H3. The van der Waals surface area contributed by atoms with Gasteiger partial charge in [0, 0.05) is 12.2 Å². The van der Waals surface area contributed by atoms with Crippen molar-refractivity contribution < 1.29 is 4.74 Å². The van der Waals surface area contributed by atoms with E-state index >= 15 is 0 Å². The minimum absolute atomic E-state index is 0.689. The van der Waals surface area contributed by atoms with Gasteiger partial charge in [-0.05, 0) is 48.4 Å². The summed E-state index contributed by atoms with van der Waals surface area (Å²) < 4.78 is 5.15. The smallest absolute Gasteiger partial charge is 0.119 e. The Labute approximate surface area is 112 Å². The first kappa shape index (κ1) is 14.9. The molecule has 0 aliphatic carbocycles. The third kappa shape index (κ3) is 4.99. The fourth-order valence-electron chi connectivity index (χ4n) is 2.16. The van der Waals surface area contributed by atoms with Gasteiger partial charge in [0.05, 0.1) is 7.11 Å². The van der Waals surface area contributed by atoms with Crippen LogP contribution in [0.2, 0.25) is 0 Å². The highest BCUT2D eigenvalue weighted by Crippen LogP contribution is 2.21. The fraction of sp³-hybridized carbons (Fsp3) is 0.625. The van der Waals surface area contributed by atoms with Gasteiger partial charge in [0.2, 0.25) is 0 Å². The van der Waals surface area contributed by atoms with Gasteiger partial charge < -0.3 is 10.1 Å². The van der Waals surface area contributed by atoms with Crippen LogP contribution < -0.4 is 10.1 Å². The summed E-state index contributed by atoms with van der Waals surface area (Å²) >= 11 is 0. The van der Waals surface area contributed by atoms with Gasteiger partial charge in [-0.1, -0.05) is 27.7 Å². The zero-order chi connectivity index (χ0) is 13.5. The van der Waals surface area contributed by atoms with Crippen LogP contribution in [0.3, 0.4) is 0 Å². The number of rotatable bonds is 7. The van der Waals surface area contributed by atoms with E-state index in [2.05, 4.69) is 45.1 Å². The second-order valence-electron chi connectivity index (χ2n) is 5.69. The first-order valence-electron chi connectivity index (χ1n) is 6.90. The van der Waals surface area contributed by atoms with Crippen LogP contribution in [0.15, 0.2) is 24.3 Å². The van der Waals surface area contributed by atoms with Gasteiger partial charge in [0.25, 0.3) is 0 Å². The lowest BCUT2D eigenvalue weighted by Gasteiger charge is -2.22. The predicted molar refractivity (Wildman–Crippen MR) is 79.3 cm³/mol. The molecule has 0 heterocycles. The molecule has 2 nitrogen and oxygen atoms in total. The molecule has 0 amide bonds. The first-order valence-corrected chi connectivity index (χ1v) is 6.90. The van der Waals surface area contributed by atoms with Gasteiger partial charge in [-0.25, -0.2) is 0 Å². The van der Waals surface area contributed by atoms with Crippen molar-refractivity contribution >= 4 is 5.69 Å². The Balaban J connectivity index is 2.39. The molecule has 1 aromatic carbocycles. The Morgan fingerprint density at radius 3 is 2.11 bits per heavy atom. The van der Waals surface area contributed by atoms with Crippen molar-refractivity contribution in [2.45, 2.75) is 34.1 Å². The molecule has 1 aromatic rings. The Bertz CT molecular complexity index is 331. The molecular weight excluding hydrogens is 222 g/mol. The highest BCUT2D eigenvalue weighted by atomic mass is 16.5. The number of ether oxygens (including phenoxy) is 1. The number of anilines is 1. The van der Waals surface area contributed by atoms with Crippen molar-refractivity contribution in [2.75, 3.05) is 19.0 Å². The van der Waals surface area contributed by atoms with E-state index in [0.717, 1.165) is 24.1 Å². The van der Waals surface area contributed by atoms with E-state index in [1.807, 2.05) is 12.1 Å². The van der Waals surface area contributed by atoms with Crippen LogP contribution in [0.25, 0.3) is 0 Å². The zero-order valence-corrected chi connectivity index (χ0v) is 12.4. The van der Waals surface area contributed by atoms with E-state index in [0.29, 0.717) is 5.92 Å². The number of benzene rings is 1. The van der Waals surface area contributed by atoms with Gasteiger partial charge in [-0.2, -0.15) is 0 Å². The van der Waals surface area contributed by atoms with Crippen LogP contribution in [-0.4, -0.2) is 13.7 Å². The molecule has 18 heavy (non-hydrogen) atoms. The molecule has 2 heteroatoms. The van der Waals surface area contributed by atoms with Crippen LogP contribution in [0, 0.1) is 17.8 Å². The van der Waals surface area contributed by atoms with Gasteiger partial charge in [0.15, 0.2) is 0 Å². The highest BCUT2D eigenvalue weighted by molar-refractivity contribution is 5.46. The topological polar surface area (TPSA) is 21.3 Å². The molecule has 0 radical (unpaired) electrons. The normalized spacial score (nSPS) is 14.3. The third-order valence-corrected chi connectivity index (χ3v) is 3.53. The van der Waals surface area contributed by atoms with Crippen molar-refractivity contribution in [1.82, 2.24) is 0 Å². The van der Waals surface area contributed by atoms with E-state index in [1.165, 1.54) is 12.1 Å². The molecule has 0 aliphatic rings. The van der Waals surface area contributed by atoms with Crippen LogP contribution >= 0.6 is 0 Å². The maximum absolute atomic E-state index is 5.15. The SMILES string of the molecule is COc1ccc(NCC(C)C(C)CC(C)C)cc1. The summed E-state index contributed by atoms with van der Waals surface area (Å²) in [5.74, 6) is 3.13. The molecule has 2 atom stereocenters. The highest BCUT2D eigenvalue weighted by Gasteiger charge is 2.13. The van der Waals surface area contributed by atoms with E-state index in [4.69, 9.17) is 4.74 Å². The van der Waals surface area contributed by atoms with Crippen LogP contribution in [-0.2, 0) is 0 Å². The molecule has 0 fully saturated rings. The third-order valence-electron chi connectivity index (χ3n) is 3.53. The molecule has 2 unspecified atom stereocenters. The van der Waals surface area contributed by atoms with Crippen LogP contribution in [0.5, 0.6) is 5.75 Å². The lowest BCUT2D eigenvalue weighted by Crippen LogP contribution is -2.19. The molecule has 0 aromatic heterocycles. The number of hydrogen-bond acceptors (Lipinski definition) is 2. The number of methoxy groups -OCH3 is 1. The maximum Gasteiger partial charge on any atom is 0.119 e. The average Bonchev–Trinajstić information content (AvgIpc) is 2.35. The van der Waals surface area contributed by atoms with Crippen molar-refractivity contribution in [2.24, 2.45) is 17.8 Å². The molecule has 0 spiro atoms. The number of nitrogens with one attached hydrogen (secondary N) is 1. The first-order chi connectivity index (χ1) is 8.52. The maximum atomic E-state index is 5.15. The Morgan fingerprint density at radius 2 is 1.61 bits per heavy atom. The van der Waals surface area contributed by atoms with Crippen LogP contribution in [0.1, 0.15) is 34.1 Å². The monoisotopic (exact) mass is 249 g/mol. The Hall–Kier alpha value is -1.18. The van der Waals surface area contributed by atoms with E-state index in [1.54, 1.807) is 7.11 Å². The molecule has 0 saturated heterocycles. The summed E-state index contributed by atoms with van der Waals surface area (Å²) in [6.45, 7) is 10.3.